The average Bonchev–Trinajstić information content (AvgIpc) is 3.25. The van der Waals surface area contributed by atoms with Gasteiger partial charge in [0.1, 0.15) is 5.75 Å². The maximum Gasteiger partial charge on any atom is 0.257 e. The number of carbonyl (C=O) groups is 1. The summed E-state index contributed by atoms with van der Waals surface area (Å²) in [6.07, 6.45) is 1.59. The van der Waals surface area contributed by atoms with Crippen LogP contribution in [-0.4, -0.2) is 53.8 Å². The number of hydrogen-bond donors (Lipinski definition) is 1. The predicted molar refractivity (Wildman–Crippen MR) is 119 cm³/mol. The Balaban J connectivity index is 1.49. The van der Waals surface area contributed by atoms with Gasteiger partial charge in [0, 0.05) is 37.4 Å². The molecule has 0 aliphatic carbocycles. The molecule has 2 aromatic carbocycles. The first-order chi connectivity index (χ1) is 14.6. The molecule has 1 aliphatic rings. The number of aromatic amines is 1. The number of rotatable bonds is 5. The fourth-order valence-corrected chi connectivity index (χ4v) is 4.07. The number of carbonyl (C=O) groups excluding carboxylic acids is 1. The van der Waals surface area contributed by atoms with Crippen LogP contribution >= 0.6 is 11.6 Å². The molecule has 0 bridgehead atoms. The van der Waals surface area contributed by atoms with Crippen LogP contribution in [0.2, 0.25) is 5.02 Å². The molecule has 0 unspecified atom stereocenters. The first-order valence-corrected chi connectivity index (χ1v) is 10.5. The van der Waals surface area contributed by atoms with E-state index < -0.39 is 0 Å². The highest BCUT2D eigenvalue weighted by Gasteiger charge is 2.26. The Hall–Kier alpha value is -2.99. The number of benzene rings is 2. The Kier molecular flexibility index (Phi) is 5.95. The van der Waals surface area contributed by atoms with Gasteiger partial charge in [-0.1, -0.05) is 29.8 Å². The third-order valence-corrected chi connectivity index (χ3v) is 5.71. The van der Waals surface area contributed by atoms with Gasteiger partial charge in [0.25, 0.3) is 5.91 Å². The Bertz CT molecular complexity index is 1040. The monoisotopic (exact) mass is 424 g/mol. The number of ether oxygens (including phenoxy) is 1. The van der Waals surface area contributed by atoms with Crippen molar-refractivity contribution < 1.29 is 9.53 Å². The average molecular weight is 425 g/mol. The number of aromatic nitrogens is 2. The zero-order valence-electron chi connectivity index (χ0n) is 17.2. The van der Waals surface area contributed by atoms with Gasteiger partial charge in [-0.2, -0.15) is 5.10 Å². The molecule has 2 heterocycles. The van der Waals surface area contributed by atoms with Crippen molar-refractivity contribution in [2.24, 2.45) is 0 Å². The lowest BCUT2D eigenvalue weighted by molar-refractivity contribution is 0.0747. The summed E-state index contributed by atoms with van der Waals surface area (Å²) in [4.78, 5) is 17.4. The molecule has 0 spiro atoms. The van der Waals surface area contributed by atoms with E-state index in [2.05, 4.69) is 40.2 Å². The second kappa shape index (κ2) is 8.79. The Morgan fingerprint density at radius 3 is 2.63 bits per heavy atom. The van der Waals surface area contributed by atoms with E-state index in [9.17, 15) is 4.79 Å². The van der Waals surface area contributed by atoms with Gasteiger partial charge < -0.3 is 14.5 Å². The van der Waals surface area contributed by atoms with Gasteiger partial charge in [0.05, 0.1) is 29.1 Å². The molecule has 1 amide bonds. The van der Waals surface area contributed by atoms with Gasteiger partial charge in [0.2, 0.25) is 0 Å². The fourth-order valence-electron chi connectivity index (χ4n) is 3.84. The lowest BCUT2D eigenvalue weighted by atomic mass is 10.1. The molecular weight excluding hydrogens is 400 g/mol. The quantitative estimate of drug-likeness (QED) is 0.659. The Morgan fingerprint density at radius 1 is 1.17 bits per heavy atom. The summed E-state index contributed by atoms with van der Waals surface area (Å²) in [6, 6.07) is 13.9. The molecular formula is C23H25ClN4O2. The SMILES string of the molecule is CCOc1ccc(-c2[nH]ncc2C(=O)N2CCN(c3ccccc3C)CC2)cc1Cl. The summed E-state index contributed by atoms with van der Waals surface area (Å²) >= 11 is 6.33. The van der Waals surface area contributed by atoms with E-state index in [1.807, 2.05) is 30.0 Å². The number of para-hydroxylation sites is 1. The standard InChI is InChI=1S/C23H25ClN4O2/c1-3-30-21-9-8-17(14-19(21)24)22-18(15-25-26-22)23(29)28-12-10-27(11-13-28)20-7-5-4-6-16(20)2/h4-9,14-15H,3,10-13H2,1-2H3,(H,25,26). The minimum Gasteiger partial charge on any atom is -0.492 e. The normalized spacial score (nSPS) is 14.1. The number of nitrogens with one attached hydrogen (secondary N) is 1. The maximum atomic E-state index is 13.2. The van der Waals surface area contributed by atoms with Crippen LogP contribution in [0.15, 0.2) is 48.7 Å². The molecule has 1 N–H and O–H groups in total. The zero-order chi connectivity index (χ0) is 21.1. The van der Waals surface area contributed by atoms with Crippen LogP contribution in [0.4, 0.5) is 5.69 Å². The van der Waals surface area contributed by atoms with Crippen LogP contribution in [0.1, 0.15) is 22.8 Å². The largest absolute Gasteiger partial charge is 0.492 e. The van der Waals surface area contributed by atoms with E-state index in [-0.39, 0.29) is 5.91 Å². The van der Waals surface area contributed by atoms with Crippen molar-refractivity contribution in [2.45, 2.75) is 13.8 Å². The van der Waals surface area contributed by atoms with Crippen LogP contribution in [0.25, 0.3) is 11.3 Å². The van der Waals surface area contributed by atoms with Crippen molar-refractivity contribution in [3.05, 3.63) is 64.8 Å². The van der Waals surface area contributed by atoms with Gasteiger partial charge in [-0.3, -0.25) is 9.89 Å². The van der Waals surface area contributed by atoms with E-state index >= 15 is 0 Å². The van der Waals surface area contributed by atoms with Gasteiger partial charge in [-0.05, 0) is 43.7 Å². The summed E-state index contributed by atoms with van der Waals surface area (Å²) in [5.74, 6) is 0.607. The molecule has 30 heavy (non-hydrogen) atoms. The summed E-state index contributed by atoms with van der Waals surface area (Å²) in [6.45, 7) is 7.52. The van der Waals surface area contributed by atoms with Gasteiger partial charge in [-0.15, -0.1) is 0 Å². The molecule has 1 aliphatic heterocycles. The van der Waals surface area contributed by atoms with E-state index in [1.54, 1.807) is 12.3 Å². The summed E-state index contributed by atoms with van der Waals surface area (Å²) in [7, 11) is 0. The van der Waals surface area contributed by atoms with Crippen molar-refractivity contribution in [1.82, 2.24) is 15.1 Å². The maximum absolute atomic E-state index is 13.2. The lowest BCUT2D eigenvalue weighted by Crippen LogP contribution is -2.49. The number of amides is 1. The molecule has 0 radical (unpaired) electrons. The topological polar surface area (TPSA) is 61.5 Å². The van der Waals surface area contributed by atoms with E-state index in [1.165, 1.54) is 11.3 Å². The molecule has 7 heteroatoms. The van der Waals surface area contributed by atoms with Gasteiger partial charge in [0.15, 0.2) is 0 Å². The smallest absolute Gasteiger partial charge is 0.257 e. The predicted octanol–water partition coefficient (Wildman–Crippen LogP) is 4.40. The highest BCUT2D eigenvalue weighted by Crippen LogP contribution is 2.31. The minimum absolute atomic E-state index is 0.0202. The molecule has 0 saturated carbocycles. The number of anilines is 1. The van der Waals surface area contributed by atoms with Gasteiger partial charge >= 0.3 is 0 Å². The molecule has 6 nitrogen and oxygen atoms in total. The highest BCUT2D eigenvalue weighted by atomic mass is 35.5. The fraction of sp³-hybridized carbons (Fsp3) is 0.304. The number of hydrogen-bond acceptors (Lipinski definition) is 4. The number of aryl methyl sites for hydroxylation is 1. The zero-order valence-corrected chi connectivity index (χ0v) is 17.9. The van der Waals surface area contributed by atoms with Crippen LogP contribution in [-0.2, 0) is 0 Å². The van der Waals surface area contributed by atoms with E-state index in [0.29, 0.717) is 41.7 Å². The highest BCUT2D eigenvalue weighted by molar-refractivity contribution is 6.32. The molecule has 156 valence electrons. The first-order valence-electron chi connectivity index (χ1n) is 10.1. The van der Waals surface area contributed by atoms with E-state index in [4.69, 9.17) is 16.3 Å². The molecule has 1 saturated heterocycles. The molecule has 4 rings (SSSR count). The summed E-state index contributed by atoms with van der Waals surface area (Å²) in [5, 5.41) is 7.58. The van der Waals surface area contributed by atoms with Crippen LogP contribution in [0.3, 0.4) is 0 Å². The van der Waals surface area contributed by atoms with Crippen molar-refractivity contribution in [2.75, 3.05) is 37.7 Å². The first kappa shape index (κ1) is 20.3. The van der Waals surface area contributed by atoms with Crippen LogP contribution in [0, 0.1) is 6.92 Å². The Labute approximate surface area is 181 Å². The number of halogens is 1. The second-order valence-electron chi connectivity index (χ2n) is 7.30. The molecule has 1 aromatic heterocycles. The van der Waals surface area contributed by atoms with Crippen LogP contribution < -0.4 is 9.64 Å². The molecule has 3 aromatic rings. The van der Waals surface area contributed by atoms with Crippen molar-refractivity contribution in [1.29, 1.82) is 0 Å². The molecule has 0 atom stereocenters. The lowest BCUT2D eigenvalue weighted by Gasteiger charge is -2.36. The summed E-state index contributed by atoms with van der Waals surface area (Å²) in [5.41, 5.74) is 4.52. The van der Waals surface area contributed by atoms with Crippen molar-refractivity contribution in [3.8, 4) is 17.0 Å². The minimum atomic E-state index is -0.0202. The number of H-pyrrole nitrogens is 1. The third kappa shape index (κ3) is 4.00. The van der Waals surface area contributed by atoms with Crippen molar-refractivity contribution in [3.63, 3.8) is 0 Å². The Morgan fingerprint density at radius 2 is 1.93 bits per heavy atom. The third-order valence-electron chi connectivity index (χ3n) is 5.41. The van der Waals surface area contributed by atoms with Crippen molar-refractivity contribution >= 4 is 23.2 Å². The number of piperazine rings is 1. The van der Waals surface area contributed by atoms with Gasteiger partial charge in [-0.25, -0.2) is 0 Å². The second-order valence-corrected chi connectivity index (χ2v) is 7.71. The van der Waals surface area contributed by atoms with Crippen LogP contribution in [0.5, 0.6) is 5.75 Å². The molecule has 1 fully saturated rings. The number of nitrogens with zero attached hydrogens (tertiary/aromatic N) is 3. The van der Waals surface area contributed by atoms with E-state index in [0.717, 1.165) is 18.7 Å². The summed E-state index contributed by atoms with van der Waals surface area (Å²) < 4.78 is 5.50.